The number of anilines is 1. The molecule has 2 unspecified atom stereocenters. The monoisotopic (exact) mass is 520 g/mol. The van der Waals surface area contributed by atoms with Gasteiger partial charge in [-0.3, -0.25) is 14.4 Å². The lowest BCUT2D eigenvalue weighted by atomic mass is 9.96. The third-order valence-electron chi connectivity index (χ3n) is 6.80. The summed E-state index contributed by atoms with van der Waals surface area (Å²) >= 11 is 1.45. The maximum atomic E-state index is 13.6. The Labute approximate surface area is 221 Å². The summed E-state index contributed by atoms with van der Waals surface area (Å²) in [6.07, 6.45) is 4.70. The number of carbonyl (C=O) groups is 3. The number of fused-ring (bicyclic) bond motifs is 1. The Balaban J connectivity index is 1.59. The predicted octanol–water partition coefficient (Wildman–Crippen LogP) is 1.79. The van der Waals surface area contributed by atoms with E-state index in [4.69, 9.17) is 6.42 Å². The van der Waals surface area contributed by atoms with Crippen LogP contribution in [0.4, 0.5) is 5.69 Å². The molecule has 2 aliphatic heterocycles. The summed E-state index contributed by atoms with van der Waals surface area (Å²) in [6.45, 7) is 4.55. The largest absolute Gasteiger partial charge is 0.384 e. The van der Waals surface area contributed by atoms with E-state index in [2.05, 4.69) is 21.9 Å². The van der Waals surface area contributed by atoms with E-state index < -0.39 is 28.8 Å². The standard InChI is InChI=1S/C28H32N4O4S/c1-4-14-30-26(35)24-28(2,3)37-17-32(24)27(36)23(33)22(16-18-9-6-5-7-10-18)31-25(34)20-11-8-12-21-19(20)13-15-29-21/h1,5-12,22-24,29,33H,13-17H2,2-3H3,(H,30,35)(H,31,34)/t22?,23-,24?/m0/s1. The van der Waals surface area contributed by atoms with Crippen molar-refractivity contribution in [1.29, 1.82) is 0 Å². The smallest absolute Gasteiger partial charge is 0.254 e. The van der Waals surface area contributed by atoms with Crippen molar-refractivity contribution in [2.24, 2.45) is 0 Å². The average Bonchev–Trinajstić information content (AvgIpc) is 3.50. The lowest BCUT2D eigenvalue weighted by Crippen LogP contribution is -2.58. The fourth-order valence-electron chi connectivity index (χ4n) is 4.90. The van der Waals surface area contributed by atoms with Gasteiger partial charge in [0.25, 0.3) is 11.8 Å². The second kappa shape index (κ2) is 11.3. The fourth-order valence-corrected chi connectivity index (χ4v) is 6.04. The van der Waals surface area contributed by atoms with Crippen LogP contribution in [0.25, 0.3) is 0 Å². The number of aliphatic hydroxyl groups is 1. The number of rotatable bonds is 8. The molecule has 0 saturated carbocycles. The van der Waals surface area contributed by atoms with Gasteiger partial charge in [-0.25, -0.2) is 0 Å². The van der Waals surface area contributed by atoms with Crippen LogP contribution in [0.15, 0.2) is 48.5 Å². The van der Waals surface area contributed by atoms with E-state index in [1.807, 2.05) is 56.3 Å². The molecule has 8 nitrogen and oxygen atoms in total. The topological polar surface area (TPSA) is 111 Å². The number of aliphatic hydroxyl groups excluding tert-OH is 1. The molecule has 1 saturated heterocycles. The molecule has 0 aromatic heterocycles. The highest BCUT2D eigenvalue weighted by Gasteiger charge is 2.49. The van der Waals surface area contributed by atoms with Crippen molar-refractivity contribution in [3.8, 4) is 12.3 Å². The number of carbonyl (C=O) groups excluding carboxylic acids is 3. The summed E-state index contributed by atoms with van der Waals surface area (Å²) in [5, 5.41) is 20.2. The van der Waals surface area contributed by atoms with Crippen LogP contribution >= 0.6 is 11.8 Å². The first kappa shape index (κ1) is 26.6. The van der Waals surface area contributed by atoms with Crippen LogP contribution in [0, 0.1) is 12.3 Å². The number of hydrogen-bond acceptors (Lipinski definition) is 6. The van der Waals surface area contributed by atoms with E-state index in [-0.39, 0.29) is 30.7 Å². The zero-order valence-electron chi connectivity index (χ0n) is 21.0. The van der Waals surface area contributed by atoms with Crippen molar-refractivity contribution in [3.63, 3.8) is 0 Å². The first-order valence-corrected chi connectivity index (χ1v) is 13.3. The molecule has 9 heteroatoms. The molecule has 4 rings (SSSR count). The van der Waals surface area contributed by atoms with Crippen LogP contribution in [-0.4, -0.2) is 69.6 Å². The summed E-state index contributed by atoms with van der Waals surface area (Å²) in [7, 11) is 0. The second-order valence-electron chi connectivity index (χ2n) is 9.73. The van der Waals surface area contributed by atoms with Gasteiger partial charge in [-0.2, -0.15) is 0 Å². The van der Waals surface area contributed by atoms with Gasteiger partial charge in [-0.05, 0) is 49.9 Å². The maximum absolute atomic E-state index is 13.6. The van der Waals surface area contributed by atoms with Gasteiger partial charge in [0.1, 0.15) is 6.04 Å². The van der Waals surface area contributed by atoms with E-state index in [0.29, 0.717) is 5.56 Å². The second-order valence-corrected chi connectivity index (χ2v) is 11.3. The number of benzene rings is 2. The van der Waals surface area contributed by atoms with Gasteiger partial charge in [0, 0.05) is 22.5 Å². The maximum Gasteiger partial charge on any atom is 0.254 e. The van der Waals surface area contributed by atoms with Crippen molar-refractivity contribution in [3.05, 3.63) is 65.2 Å². The van der Waals surface area contributed by atoms with Crippen LogP contribution in [0.1, 0.15) is 35.3 Å². The highest BCUT2D eigenvalue weighted by Crippen LogP contribution is 2.39. The van der Waals surface area contributed by atoms with Gasteiger partial charge in [0.15, 0.2) is 6.10 Å². The Morgan fingerprint density at radius 1 is 1.22 bits per heavy atom. The van der Waals surface area contributed by atoms with Crippen LogP contribution in [0.3, 0.4) is 0 Å². The predicted molar refractivity (Wildman–Crippen MR) is 145 cm³/mol. The minimum absolute atomic E-state index is 0.0452. The summed E-state index contributed by atoms with van der Waals surface area (Å²) in [5.74, 6) is 1.27. The number of thioether (sulfide) groups is 1. The highest BCUT2D eigenvalue weighted by molar-refractivity contribution is 8.00. The fraction of sp³-hybridized carbons (Fsp3) is 0.393. The van der Waals surface area contributed by atoms with Crippen LogP contribution < -0.4 is 16.0 Å². The van der Waals surface area contributed by atoms with E-state index in [9.17, 15) is 19.5 Å². The average molecular weight is 521 g/mol. The molecule has 0 aliphatic carbocycles. The minimum Gasteiger partial charge on any atom is -0.384 e. The van der Waals surface area contributed by atoms with Crippen LogP contribution in [0.5, 0.6) is 0 Å². The molecule has 2 aliphatic rings. The zero-order valence-corrected chi connectivity index (χ0v) is 21.8. The Kier molecular flexibility index (Phi) is 8.10. The lowest BCUT2D eigenvalue weighted by Gasteiger charge is -2.33. The number of nitrogens with one attached hydrogen (secondary N) is 3. The van der Waals surface area contributed by atoms with Crippen molar-refractivity contribution >= 4 is 35.2 Å². The molecule has 37 heavy (non-hydrogen) atoms. The quantitative estimate of drug-likeness (QED) is 0.395. The first-order valence-electron chi connectivity index (χ1n) is 12.3. The molecule has 0 spiro atoms. The van der Waals surface area contributed by atoms with Crippen molar-refractivity contribution in [2.75, 3.05) is 24.3 Å². The molecule has 1 fully saturated rings. The molecule has 194 valence electrons. The Bertz CT molecular complexity index is 1210. The SMILES string of the molecule is C#CCNC(=O)C1N(C(=O)[C@@H](O)C(Cc2ccccc2)NC(=O)c2cccc3c2CCN3)CSC1(C)C. The molecular weight excluding hydrogens is 488 g/mol. The number of nitrogens with zero attached hydrogens (tertiary/aromatic N) is 1. The van der Waals surface area contributed by atoms with Gasteiger partial charge in [-0.1, -0.05) is 42.3 Å². The summed E-state index contributed by atoms with van der Waals surface area (Å²) in [5.41, 5.74) is 3.21. The lowest BCUT2D eigenvalue weighted by molar-refractivity contribution is -0.147. The molecular formula is C28H32N4O4S. The van der Waals surface area contributed by atoms with Crippen molar-refractivity contribution in [1.82, 2.24) is 15.5 Å². The van der Waals surface area contributed by atoms with E-state index in [1.54, 1.807) is 6.07 Å². The molecule has 2 aromatic rings. The van der Waals surface area contributed by atoms with Crippen molar-refractivity contribution < 1.29 is 19.5 Å². The number of hydrogen-bond donors (Lipinski definition) is 4. The third kappa shape index (κ3) is 5.76. The number of amides is 3. The molecule has 2 heterocycles. The van der Waals surface area contributed by atoms with E-state index >= 15 is 0 Å². The van der Waals surface area contributed by atoms with Gasteiger partial charge in [0.2, 0.25) is 5.91 Å². The summed E-state index contributed by atoms with van der Waals surface area (Å²) < 4.78 is -0.580. The van der Waals surface area contributed by atoms with E-state index in [0.717, 1.165) is 29.8 Å². The molecule has 0 bridgehead atoms. The number of terminal acetylenes is 1. The Morgan fingerprint density at radius 3 is 2.70 bits per heavy atom. The highest BCUT2D eigenvalue weighted by atomic mass is 32.2. The third-order valence-corrected chi connectivity index (χ3v) is 8.18. The van der Waals surface area contributed by atoms with Gasteiger partial charge < -0.3 is 26.0 Å². The minimum atomic E-state index is -1.56. The summed E-state index contributed by atoms with van der Waals surface area (Å²) in [6, 6.07) is 13.1. The van der Waals surface area contributed by atoms with Crippen molar-refractivity contribution in [2.45, 2.75) is 49.6 Å². The molecule has 0 radical (unpaired) electrons. The first-order chi connectivity index (χ1) is 17.7. The Morgan fingerprint density at radius 2 is 1.97 bits per heavy atom. The van der Waals surface area contributed by atoms with E-state index in [1.165, 1.54) is 16.7 Å². The molecule has 2 aromatic carbocycles. The van der Waals surface area contributed by atoms with Gasteiger partial charge in [0.05, 0.1) is 18.5 Å². The summed E-state index contributed by atoms with van der Waals surface area (Å²) in [4.78, 5) is 41.3. The zero-order chi connectivity index (χ0) is 26.6. The molecule has 3 atom stereocenters. The molecule has 3 amide bonds. The van der Waals surface area contributed by atoms with Crippen LogP contribution in [0.2, 0.25) is 0 Å². The Hall–Kier alpha value is -3.48. The molecule has 4 N–H and O–H groups in total. The van der Waals surface area contributed by atoms with Gasteiger partial charge >= 0.3 is 0 Å². The van der Waals surface area contributed by atoms with Crippen LogP contribution in [-0.2, 0) is 22.4 Å². The normalized spacial score (nSPS) is 19.2. The van der Waals surface area contributed by atoms with Gasteiger partial charge in [-0.15, -0.1) is 18.2 Å².